The number of nitrogens with zero attached hydrogens (tertiary/aromatic N) is 6. The summed E-state index contributed by atoms with van der Waals surface area (Å²) in [6.07, 6.45) is -0.760. The molecule has 0 radical (unpaired) electrons. The van der Waals surface area contributed by atoms with Crippen molar-refractivity contribution in [3.8, 4) is 0 Å². The van der Waals surface area contributed by atoms with Crippen LogP contribution in [0.4, 0.5) is 30.8 Å². The first-order chi connectivity index (χ1) is 13.3. The number of rotatable bonds is 3. The Morgan fingerprint density at radius 2 is 1.86 bits per heavy atom. The molecule has 2 aliphatic rings. The summed E-state index contributed by atoms with van der Waals surface area (Å²) >= 11 is 0. The lowest BCUT2D eigenvalue weighted by molar-refractivity contribution is -0.141. The number of hydrogen-bond acceptors (Lipinski definition) is 6. The molecule has 4 heterocycles. The lowest BCUT2D eigenvalue weighted by Gasteiger charge is -2.39. The molecule has 2 saturated heterocycles. The number of aromatic nitrogens is 3. The normalized spacial score (nSPS) is 22.3. The van der Waals surface area contributed by atoms with E-state index in [0.717, 1.165) is 37.8 Å². The van der Waals surface area contributed by atoms with Crippen LogP contribution in [0.25, 0.3) is 0 Å². The van der Waals surface area contributed by atoms with Crippen LogP contribution in [0, 0.1) is 5.92 Å². The van der Waals surface area contributed by atoms with Crippen LogP contribution in [0.2, 0.25) is 0 Å². The number of alkyl halides is 3. The summed E-state index contributed by atoms with van der Waals surface area (Å²) in [7, 11) is 3.85. The van der Waals surface area contributed by atoms with Gasteiger partial charge in [0.05, 0.1) is 6.04 Å². The van der Waals surface area contributed by atoms with Crippen LogP contribution in [0.5, 0.6) is 0 Å². The van der Waals surface area contributed by atoms with Gasteiger partial charge in [0.25, 0.3) is 0 Å². The van der Waals surface area contributed by atoms with Crippen LogP contribution in [0.15, 0.2) is 30.5 Å². The summed E-state index contributed by atoms with van der Waals surface area (Å²) in [6.45, 7) is 2.25. The zero-order valence-electron chi connectivity index (χ0n) is 15.9. The average molecular weight is 392 g/mol. The van der Waals surface area contributed by atoms with Crippen LogP contribution in [-0.2, 0) is 6.18 Å². The standard InChI is InChI=1S/C19H23F3N6/c1-26(2)16-6-9-23-18(25-16)27-10-7-13-8-11-28(14(13)12-27)17-5-3-4-15(24-17)19(20,21)22/h3-6,9,13-14H,7-8,10-12H2,1-2H3. The van der Waals surface area contributed by atoms with Crippen LogP contribution < -0.4 is 14.7 Å². The predicted octanol–water partition coefficient (Wildman–Crippen LogP) is 3.06. The highest BCUT2D eigenvalue weighted by Gasteiger charge is 2.40. The molecular weight excluding hydrogens is 369 g/mol. The van der Waals surface area contributed by atoms with Gasteiger partial charge in [-0.25, -0.2) is 9.97 Å². The molecule has 0 spiro atoms. The quantitative estimate of drug-likeness (QED) is 0.800. The number of pyridine rings is 1. The van der Waals surface area contributed by atoms with E-state index in [2.05, 4.69) is 19.9 Å². The minimum atomic E-state index is -4.44. The third kappa shape index (κ3) is 3.57. The summed E-state index contributed by atoms with van der Waals surface area (Å²) in [5, 5.41) is 0. The molecule has 2 aliphatic heterocycles. The number of hydrogen-bond donors (Lipinski definition) is 0. The van der Waals surface area contributed by atoms with Gasteiger partial charge in [0, 0.05) is 39.9 Å². The molecule has 0 amide bonds. The molecule has 6 nitrogen and oxygen atoms in total. The van der Waals surface area contributed by atoms with E-state index in [1.165, 1.54) is 6.07 Å². The smallest absolute Gasteiger partial charge is 0.363 e. The maximum absolute atomic E-state index is 13.1. The highest BCUT2D eigenvalue weighted by atomic mass is 19.4. The Labute approximate surface area is 162 Å². The van der Waals surface area contributed by atoms with E-state index in [-0.39, 0.29) is 6.04 Å². The van der Waals surface area contributed by atoms with Gasteiger partial charge in [0.2, 0.25) is 5.95 Å². The molecule has 2 unspecified atom stereocenters. The van der Waals surface area contributed by atoms with Crippen molar-refractivity contribution < 1.29 is 13.2 Å². The molecule has 2 atom stereocenters. The average Bonchev–Trinajstić information content (AvgIpc) is 3.10. The molecule has 2 aromatic rings. The van der Waals surface area contributed by atoms with E-state index in [0.29, 0.717) is 24.2 Å². The van der Waals surface area contributed by atoms with Crippen molar-refractivity contribution in [1.29, 1.82) is 0 Å². The van der Waals surface area contributed by atoms with Crippen molar-refractivity contribution in [2.45, 2.75) is 25.1 Å². The van der Waals surface area contributed by atoms with Crippen molar-refractivity contribution >= 4 is 17.6 Å². The van der Waals surface area contributed by atoms with Gasteiger partial charge < -0.3 is 14.7 Å². The minimum Gasteiger partial charge on any atom is -0.363 e. The Balaban J connectivity index is 1.57. The second kappa shape index (κ2) is 7.10. The lowest BCUT2D eigenvalue weighted by atomic mass is 9.92. The van der Waals surface area contributed by atoms with Gasteiger partial charge in [0.15, 0.2) is 0 Å². The molecule has 9 heteroatoms. The maximum Gasteiger partial charge on any atom is 0.433 e. The SMILES string of the molecule is CN(C)c1ccnc(N2CCC3CCN(c4cccc(C(F)(F)F)n4)C3C2)n1. The summed E-state index contributed by atoms with van der Waals surface area (Å²) in [5.41, 5.74) is -0.844. The van der Waals surface area contributed by atoms with Gasteiger partial charge in [-0.1, -0.05) is 6.07 Å². The molecule has 2 fully saturated rings. The van der Waals surface area contributed by atoms with Crippen molar-refractivity contribution in [3.63, 3.8) is 0 Å². The fraction of sp³-hybridized carbons (Fsp3) is 0.526. The maximum atomic E-state index is 13.1. The van der Waals surface area contributed by atoms with Gasteiger partial charge in [0.1, 0.15) is 17.3 Å². The zero-order chi connectivity index (χ0) is 19.9. The fourth-order valence-corrected chi connectivity index (χ4v) is 4.09. The summed E-state index contributed by atoms with van der Waals surface area (Å²) < 4.78 is 39.2. The molecule has 150 valence electrons. The highest BCUT2D eigenvalue weighted by Crippen LogP contribution is 2.36. The predicted molar refractivity (Wildman–Crippen MR) is 102 cm³/mol. The number of piperidine rings is 1. The van der Waals surface area contributed by atoms with E-state index in [1.54, 1.807) is 12.3 Å². The lowest BCUT2D eigenvalue weighted by Crippen LogP contribution is -2.49. The summed E-state index contributed by atoms with van der Waals surface area (Å²) in [5.74, 6) is 2.33. The van der Waals surface area contributed by atoms with Gasteiger partial charge in [-0.15, -0.1) is 0 Å². The Kier molecular flexibility index (Phi) is 4.76. The first kappa shape index (κ1) is 18.8. The largest absolute Gasteiger partial charge is 0.433 e. The molecule has 0 bridgehead atoms. The van der Waals surface area contributed by atoms with E-state index < -0.39 is 11.9 Å². The zero-order valence-corrected chi connectivity index (χ0v) is 15.9. The number of halogens is 3. The van der Waals surface area contributed by atoms with E-state index in [4.69, 9.17) is 0 Å². The summed E-state index contributed by atoms with van der Waals surface area (Å²) in [4.78, 5) is 19.0. The first-order valence-electron chi connectivity index (χ1n) is 9.39. The van der Waals surface area contributed by atoms with Crippen molar-refractivity contribution in [2.24, 2.45) is 5.92 Å². The van der Waals surface area contributed by atoms with Crippen molar-refractivity contribution in [2.75, 3.05) is 48.4 Å². The Morgan fingerprint density at radius 3 is 2.61 bits per heavy atom. The molecule has 0 saturated carbocycles. The van der Waals surface area contributed by atoms with Crippen molar-refractivity contribution in [3.05, 3.63) is 36.2 Å². The van der Waals surface area contributed by atoms with Gasteiger partial charge in [-0.3, -0.25) is 0 Å². The summed E-state index contributed by atoms with van der Waals surface area (Å²) in [6, 6.07) is 6.08. The number of anilines is 3. The van der Waals surface area contributed by atoms with Crippen LogP contribution >= 0.6 is 0 Å². The van der Waals surface area contributed by atoms with E-state index in [9.17, 15) is 13.2 Å². The van der Waals surface area contributed by atoms with Crippen molar-refractivity contribution in [1.82, 2.24) is 15.0 Å². The van der Waals surface area contributed by atoms with Gasteiger partial charge in [-0.05, 0) is 37.0 Å². The number of fused-ring (bicyclic) bond motifs is 1. The van der Waals surface area contributed by atoms with E-state index >= 15 is 0 Å². The van der Waals surface area contributed by atoms with Gasteiger partial charge in [-0.2, -0.15) is 18.2 Å². The Morgan fingerprint density at radius 1 is 1.07 bits per heavy atom. The minimum absolute atomic E-state index is 0.108. The molecule has 0 N–H and O–H groups in total. The third-order valence-corrected chi connectivity index (χ3v) is 5.55. The van der Waals surface area contributed by atoms with E-state index in [1.807, 2.05) is 30.0 Å². The highest BCUT2D eigenvalue weighted by molar-refractivity contribution is 5.47. The second-order valence-corrected chi connectivity index (χ2v) is 7.53. The van der Waals surface area contributed by atoms with Gasteiger partial charge >= 0.3 is 6.18 Å². The Bertz CT molecular complexity index is 840. The molecule has 28 heavy (non-hydrogen) atoms. The second-order valence-electron chi connectivity index (χ2n) is 7.53. The van der Waals surface area contributed by atoms with Crippen LogP contribution in [-0.4, -0.2) is 54.7 Å². The molecule has 0 aliphatic carbocycles. The Hall–Kier alpha value is -2.58. The monoisotopic (exact) mass is 392 g/mol. The fourth-order valence-electron chi connectivity index (χ4n) is 4.09. The topological polar surface area (TPSA) is 48.4 Å². The molecular formula is C19H23F3N6. The first-order valence-corrected chi connectivity index (χ1v) is 9.39. The molecule has 0 aromatic carbocycles. The van der Waals surface area contributed by atoms with Crippen LogP contribution in [0.1, 0.15) is 18.5 Å². The van der Waals surface area contributed by atoms with Crippen LogP contribution in [0.3, 0.4) is 0 Å². The molecule has 4 rings (SSSR count). The third-order valence-electron chi connectivity index (χ3n) is 5.55. The molecule has 2 aromatic heterocycles.